The van der Waals surface area contributed by atoms with E-state index in [1.54, 1.807) is 0 Å². The van der Waals surface area contributed by atoms with Gasteiger partial charge in [0.25, 0.3) is 0 Å². The van der Waals surface area contributed by atoms with E-state index in [1.807, 2.05) is 0 Å². The fourth-order valence-electron chi connectivity index (χ4n) is 0. The van der Waals surface area contributed by atoms with Crippen LogP contribution < -0.4 is 0 Å². The van der Waals surface area contributed by atoms with Gasteiger partial charge in [-0.15, -0.1) is 0 Å². The van der Waals surface area contributed by atoms with Gasteiger partial charge in [-0.1, -0.05) is 0 Å². The summed E-state index contributed by atoms with van der Waals surface area (Å²) in [4.78, 5) is 0. The summed E-state index contributed by atoms with van der Waals surface area (Å²) in [5.41, 5.74) is 0. The molecule has 0 rings (SSSR count). The van der Waals surface area contributed by atoms with Crippen molar-refractivity contribution >= 4 is 18.9 Å². The Morgan fingerprint density at radius 2 is 0.286 bits per heavy atom. The molecule has 0 aliphatic heterocycles. The smallest absolute Gasteiger partial charge is 0 e. The first-order chi connectivity index (χ1) is 0. The average Bonchev–Trinajstić information content (AvgIpc) is 0. The van der Waals surface area contributed by atoms with Crippen LogP contribution in [0.3, 0.4) is 0 Å². The number of hydrogen-bond acceptors (Lipinski definition) is 0. The van der Waals surface area contributed by atoms with Gasteiger partial charge in [0.15, 0.2) is 0 Å². The Balaban J connectivity index is 0. The van der Waals surface area contributed by atoms with Gasteiger partial charge >= 0.3 is 0 Å². The quantitative estimate of drug-likeness (QED) is 0.329. The molecule has 49 valence electrons. The Morgan fingerprint density at radius 3 is 0.286 bits per heavy atom. The Bertz CT molecular complexity index is 4.14. The number of hydrogen-bond donors (Lipinski definition) is 0. The summed E-state index contributed by atoms with van der Waals surface area (Å²) < 4.78 is 0. The largest absolute Gasteiger partial charge is 0.269 e. The third-order valence-corrected chi connectivity index (χ3v) is 0. The van der Waals surface area contributed by atoms with Crippen LogP contribution in [0.4, 0.5) is 28.2 Å². The summed E-state index contributed by atoms with van der Waals surface area (Å²) in [6, 6.07) is 0. The maximum Gasteiger partial charge on any atom is 0 e. The molecule has 0 fully saturated rings. The van der Waals surface area contributed by atoms with E-state index >= 15 is 0 Å². The van der Waals surface area contributed by atoms with Crippen LogP contribution >= 0.6 is 0 Å². The Hall–Kier alpha value is 0.177. The van der Waals surface area contributed by atoms with Crippen molar-refractivity contribution in [2.75, 3.05) is 0 Å². The maximum absolute atomic E-state index is 0. The summed E-state index contributed by atoms with van der Waals surface area (Å²) in [6.07, 6.45) is 0. The van der Waals surface area contributed by atoms with Crippen LogP contribution in [0.1, 0.15) is 0 Å². The van der Waals surface area contributed by atoms with E-state index in [0.717, 1.165) is 0 Å². The standard InChI is InChI=1S/6FH.Li/h6*1H;. The van der Waals surface area contributed by atoms with E-state index in [1.165, 1.54) is 0 Å². The van der Waals surface area contributed by atoms with Crippen molar-refractivity contribution in [3.8, 4) is 0 Å². The van der Waals surface area contributed by atoms with Crippen LogP contribution in [0, 0.1) is 0 Å². The molecule has 0 aromatic rings. The van der Waals surface area contributed by atoms with Crippen LogP contribution in [0.5, 0.6) is 0 Å². The summed E-state index contributed by atoms with van der Waals surface area (Å²) >= 11 is 0. The topological polar surface area (TPSA) is 0 Å². The summed E-state index contributed by atoms with van der Waals surface area (Å²) in [5.74, 6) is 0. The van der Waals surface area contributed by atoms with Gasteiger partial charge < -0.3 is 0 Å². The van der Waals surface area contributed by atoms with Crippen LogP contribution in [0.2, 0.25) is 0 Å². The molecular formula is H6F6Li. The third-order valence-electron chi connectivity index (χ3n) is 0. The molecule has 0 aliphatic carbocycles. The van der Waals surface area contributed by atoms with Crippen LogP contribution in [-0.4, -0.2) is 18.9 Å². The van der Waals surface area contributed by atoms with Crippen LogP contribution in [-0.2, 0) is 0 Å². The molecule has 0 amide bonds. The van der Waals surface area contributed by atoms with Crippen molar-refractivity contribution in [2.24, 2.45) is 0 Å². The van der Waals surface area contributed by atoms with Crippen molar-refractivity contribution in [1.29, 1.82) is 0 Å². The predicted molar refractivity (Wildman–Crippen MR) is 20.8 cm³/mol. The molecule has 7 heavy (non-hydrogen) atoms. The summed E-state index contributed by atoms with van der Waals surface area (Å²) in [5, 5.41) is 0. The molecule has 0 bridgehead atoms. The van der Waals surface area contributed by atoms with E-state index in [2.05, 4.69) is 0 Å². The fourth-order valence-corrected chi connectivity index (χ4v) is 0. The molecule has 7 heteroatoms. The number of halogens is 6. The van der Waals surface area contributed by atoms with Gasteiger partial charge in [0.2, 0.25) is 0 Å². The summed E-state index contributed by atoms with van der Waals surface area (Å²) in [7, 11) is 0. The molecule has 0 aromatic heterocycles. The predicted octanol–water partition coefficient (Wildman–Crippen LogP) is 0.534. The minimum atomic E-state index is 0. The second-order valence-electron chi connectivity index (χ2n) is 0. The number of rotatable bonds is 0. The van der Waals surface area contributed by atoms with Gasteiger partial charge in [-0.05, 0) is 0 Å². The van der Waals surface area contributed by atoms with Gasteiger partial charge in [0, 0.05) is 18.9 Å². The van der Waals surface area contributed by atoms with E-state index in [-0.39, 0.29) is 47.1 Å². The fraction of sp³-hybridized carbons (Fsp3) is 0. The van der Waals surface area contributed by atoms with Crippen molar-refractivity contribution < 1.29 is 28.2 Å². The van der Waals surface area contributed by atoms with Crippen molar-refractivity contribution in [3.05, 3.63) is 0 Å². The zero-order valence-corrected chi connectivity index (χ0v) is 3.45. The SMILES string of the molecule is F.F.F.F.F.F.[Li]. The zero-order chi connectivity index (χ0) is 0. The first kappa shape index (κ1) is 8700. The van der Waals surface area contributed by atoms with Gasteiger partial charge in [0.1, 0.15) is 0 Å². The second-order valence-corrected chi connectivity index (χ2v) is 0. The average molecular weight is 127 g/mol. The molecule has 0 nitrogen and oxygen atoms in total. The van der Waals surface area contributed by atoms with Crippen molar-refractivity contribution in [3.63, 3.8) is 0 Å². The van der Waals surface area contributed by atoms with Gasteiger partial charge in [-0.25, -0.2) is 0 Å². The molecule has 0 heterocycles. The van der Waals surface area contributed by atoms with Crippen LogP contribution in [0.15, 0.2) is 0 Å². The van der Waals surface area contributed by atoms with E-state index in [4.69, 9.17) is 0 Å². The van der Waals surface area contributed by atoms with Crippen molar-refractivity contribution in [1.82, 2.24) is 0 Å². The van der Waals surface area contributed by atoms with Gasteiger partial charge in [-0.2, -0.15) is 0 Å². The maximum atomic E-state index is 0. The molecule has 0 spiro atoms. The molecular weight excluding hydrogens is 121 g/mol. The van der Waals surface area contributed by atoms with E-state index in [9.17, 15) is 0 Å². The third kappa shape index (κ3) is 3430. The summed E-state index contributed by atoms with van der Waals surface area (Å²) in [6.45, 7) is 0. The molecule has 0 N–H and O–H groups in total. The monoisotopic (exact) mass is 127 g/mol. The minimum absolute atomic E-state index is 0. The Labute approximate surface area is 48.0 Å². The van der Waals surface area contributed by atoms with Crippen LogP contribution in [0.25, 0.3) is 0 Å². The first-order valence-corrected chi connectivity index (χ1v) is 0. The molecule has 0 unspecified atom stereocenters. The first-order valence-electron chi connectivity index (χ1n) is 0. The normalized spacial score (nSPS) is 0. The Morgan fingerprint density at radius 1 is 0.286 bits per heavy atom. The molecule has 0 aliphatic rings. The molecule has 0 saturated carbocycles. The molecule has 0 saturated heterocycles. The van der Waals surface area contributed by atoms with Gasteiger partial charge in [-0.3, -0.25) is 28.2 Å². The Kier molecular flexibility index (Phi) is 6540000. The molecule has 1 radical (unpaired) electrons. The minimum Gasteiger partial charge on any atom is -0.269 e. The van der Waals surface area contributed by atoms with E-state index < -0.39 is 0 Å². The zero-order valence-electron chi connectivity index (χ0n) is 3.45. The second kappa shape index (κ2) is 5260. The molecule has 0 atom stereocenters. The van der Waals surface area contributed by atoms with Gasteiger partial charge in [0.05, 0.1) is 0 Å². The van der Waals surface area contributed by atoms with Crippen molar-refractivity contribution in [2.45, 2.75) is 0 Å². The molecule has 0 aromatic carbocycles. The van der Waals surface area contributed by atoms with E-state index in [0.29, 0.717) is 0 Å².